The number of hydrogen-bond donors (Lipinski definition) is 1. The zero-order valence-electron chi connectivity index (χ0n) is 9.39. The quantitative estimate of drug-likeness (QED) is 0.713. The SMILES string of the molecule is Cc1cnnc(-c2noc3c(N)c(C)sc23)c1. The van der Waals surface area contributed by atoms with Crippen LogP contribution in [0.3, 0.4) is 0 Å². The maximum absolute atomic E-state index is 5.90. The fourth-order valence-corrected chi connectivity index (χ4v) is 2.65. The molecule has 0 fully saturated rings. The summed E-state index contributed by atoms with van der Waals surface area (Å²) in [5.41, 5.74) is 9.66. The first-order chi connectivity index (χ1) is 8.16. The molecule has 0 saturated heterocycles. The molecular weight excluding hydrogens is 236 g/mol. The van der Waals surface area contributed by atoms with E-state index in [0.717, 1.165) is 15.1 Å². The number of nitrogen functional groups attached to an aromatic ring is 1. The molecule has 0 unspecified atom stereocenters. The molecule has 0 aliphatic rings. The van der Waals surface area contributed by atoms with Crippen LogP contribution < -0.4 is 5.73 Å². The van der Waals surface area contributed by atoms with Crippen molar-refractivity contribution in [2.24, 2.45) is 0 Å². The number of rotatable bonds is 1. The van der Waals surface area contributed by atoms with Crippen LogP contribution in [0.2, 0.25) is 0 Å². The number of fused-ring (bicyclic) bond motifs is 1. The number of hydrogen-bond acceptors (Lipinski definition) is 6. The molecule has 0 amide bonds. The molecular formula is C11H10N4OS. The summed E-state index contributed by atoms with van der Waals surface area (Å²) in [6, 6.07) is 1.93. The highest BCUT2D eigenvalue weighted by molar-refractivity contribution is 7.20. The molecule has 0 spiro atoms. The van der Waals surface area contributed by atoms with E-state index in [1.165, 1.54) is 0 Å². The summed E-state index contributed by atoms with van der Waals surface area (Å²) in [7, 11) is 0. The third-order valence-corrected chi connectivity index (χ3v) is 3.67. The van der Waals surface area contributed by atoms with E-state index in [1.807, 2.05) is 19.9 Å². The predicted molar refractivity (Wildman–Crippen MR) is 66.8 cm³/mol. The molecule has 3 aromatic rings. The van der Waals surface area contributed by atoms with Gasteiger partial charge in [-0.3, -0.25) is 0 Å². The summed E-state index contributed by atoms with van der Waals surface area (Å²) in [6.45, 7) is 3.92. The summed E-state index contributed by atoms with van der Waals surface area (Å²) in [5.74, 6) is 0. The van der Waals surface area contributed by atoms with Crippen molar-refractivity contribution >= 4 is 27.3 Å². The Bertz CT molecular complexity index is 701. The Balaban J connectivity index is 2.27. The number of aryl methyl sites for hydroxylation is 2. The molecule has 0 aliphatic carbocycles. The van der Waals surface area contributed by atoms with Gasteiger partial charge in [0, 0.05) is 4.88 Å². The molecule has 6 heteroatoms. The number of thiophene rings is 1. The Morgan fingerprint density at radius 1 is 1.35 bits per heavy atom. The normalized spacial score (nSPS) is 11.2. The Morgan fingerprint density at radius 2 is 2.18 bits per heavy atom. The number of nitrogens with zero attached hydrogens (tertiary/aromatic N) is 3. The lowest BCUT2D eigenvalue weighted by Crippen LogP contribution is -1.88. The molecule has 3 heterocycles. The van der Waals surface area contributed by atoms with E-state index in [-0.39, 0.29) is 0 Å². The zero-order chi connectivity index (χ0) is 12.0. The van der Waals surface area contributed by atoms with Crippen LogP contribution in [-0.4, -0.2) is 15.4 Å². The van der Waals surface area contributed by atoms with Gasteiger partial charge in [-0.15, -0.1) is 16.4 Å². The summed E-state index contributed by atoms with van der Waals surface area (Å²) >= 11 is 1.56. The average Bonchev–Trinajstić information content (AvgIpc) is 2.82. The lowest BCUT2D eigenvalue weighted by atomic mass is 10.2. The molecule has 0 radical (unpaired) electrons. The van der Waals surface area contributed by atoms with Gasteiger partial charge in [-0.05, 0) is 25.5 Å². The smallest absolute Gasteiger partial charge is 0.201 e. The first-order valence-electron chi connectivity index (χ1n) is 5.11. The highest BCUT2D eigenvalue weighted by Crippen LogP contribution is 2.38. The molecule has 0 bridgehead atoms. The molecule has 0 aliphatic heterocycles. The molecule has 5 nitrogen and oxygen atoms in total. The van der Waals surface area contributed by atoms with Crippen molar-refractivity contribution in [3.63, 3.8) is 0 Å². The molecule has 17 heavy (non-hydrogen) atoms. The first-order valence-corrected chi connectivity index (χ1v) is 5.92. The van der Waals surface area contributed by atoms with E-state index >= 15 is 0 Å². The Morgan fingerprint density at radius 3 is 2.94 bits per heavy atom. The lowest BCUT2D eigenvalue weighted by Gasteiger charge is -1.94. The standard InChI is InChI=1S/C11H10N4OS/c1-5-3-7(14-13-4-5)9-11-10(16-15-9)8(12)6(2)17-11/h3-4H,12H2,1-2H3. The highest BCUT2D eigenvalue weighted by atomic mass is 32.1. The van der Waals surface area contributed by atoms with Gasteiger partial charge in [-0.2, -0.15) is 5.10 Å². The van der Waals surface area contributed by atoms with Crippen LogP contribution in [-0.2, 0) is 0 Å². The summed E-state index contributed by atoms with van der Waals surface area (Å²) in [5, 5.41) is 12.0. The van der Waals surface area contributed by atoms with Gasteiger partial charge in [0.05, 0.1) is 11.9 Å². The first kappa shape index (κ1) is 10.2. The van der Waals surface area contributed by atoms with E-state index in [2.05, 4.69) is 15.4 Å². The van der Waals surface area contributed by atoms with Crippen molar-refractivity contribution in [2.75, 3.05) is 5.73 Å². The molecule has 86 valence electrons. The zero-order valence-corrected chi connectivity index (χ0v) is 10.2. The molecule has 0 saturated carbocycles. The number of nitrogens with two attached hydrogens (primary N) is 1. The van der Waals surface area contributed by atoms with E-state index in [0.29, 0.717) is 22.7 Å². The van der Waals surface area contributed by atoms with Crippen LogP contribution in [0.1, 0.15) is 10.4 Å². The van der Waals surface area contributed by atoms with Gasteiger partial charge in [0.25, 0.3) is 0 Å². The minimum absolute atomic E-state index is 0.644. The fraction of sp³-hybridized carbons (Fsp3) is 0.182. The molecule has 0 aromatic carbocycles. The second kappa shape index (κ2) is 3.53. The van der Waals surface area contributed by atoms with Crippen molar-refractivity contribution in [3.8, 4) is 11.4 Å². The average molecular weight is 246 g/mol. The number of aromatic nitrogens is 3. The minimum atomic E-state index is 0.644. The molecule has 3 rings (SSSR count). The largest absolute Gasteiger partial charge is 0.395 e. The maximum atomic E-state index is 5.90. The van der Waals surface area contributed by atoms with Crippen LogP contribution in [0.4, 0.5) is 5.69 Å². The van der Waals surface area contributed by atoms with E-state index < -0.39 is 0 Å². The van der Waals surface area contributed by atoms with E-state index in [4.69, 9.17) is 10.3 Å². The lowest BCUT2D eigenvalue weighted by molar-refractivity contribution is 0.460. The van der Waals surface area contributed by atoms with Crippen LogP contribution in [0.15, 0.2) is 16.8 Å². The van der Waals surface area contributed by atoms with Gasteiger partial charge >= 0.3 is 0 Å². The van der Waals surface area contributed by atoms with Crippen LogP contribution in [0.25, 0.3) is 21.7 Å². The van der Waals surface area contributed by atoms with E-state index in [9.17, 15) is 0 Å². The fourth-order valence-electron chi connectivity index (χ4n) is 1.66. The van der Waals surface area contributed by atoms with Crippen molar-refractivity contribution < 1.29 is 4.52 Å². The summed E-state index contributed by atoms with van der Waals surface area (Å²) < 4.78 is 6.19. The van der Waals surface area contributed by atoms with Crippen molar-refractivity contribution in [1.29, 1.82) is 0 Å². The van der Waals surface area contributed by atoms with Crippen LogP contribution in [0.5, 0.6) is 0 Å². The van der Waals surface area contributed by atoms with Gasteiger partial charge in [0.15, 0.2) is 5.69 Å². The second-order valence-electron chi connectivity index (χ2n) is 3.88. The Kier molecular flexibility index (Phi) is 2.12. The third kappa shape index (κ3) is 1.49. The Labute approximate surface area is 101 Å². The summed E-state index contributed by atoms with van der Waals surface area (Å²) in [6.07, 6.45) is 1.70. The van der Waals surface area contributed by atoms with Gasteiger partial charge < -0.3 is 10.3 Å². The topological polar surface area (TPSA) is 77.8 Å². The van der Waals surface area contributed by atoms with Crippen molar-refractivity contribution in [1.82, 2.24) is 15.4 Å². The monoisotopic (exact) mass is 246 g/mol. The summed E-state index contributed by atoms with van der Waals surface area (Å²) in [4.78, 5) is 1.03. The minimum Gasteiger partial charge on any atom is -0.395 e. The third-order valence-electron chi connectivity index (χ3n) is 2.56. The van der Waals surface area contributed by atoms with E-state index in [1.54, 1.807) is 17.5 Å². The van der Waals surface area contributed by atoms with Crippen LogP contribution in [0, 0.1) is 13.8 Å². The highest BCUT2D eigenvalue weighted by Gasteiger charge is 2.18. The van der Waals surface area contributed by atoms with Crippen molar-refractivity contribution in [2.45, 2.75) is 13.8 Å². The number of anilines is 1. The Hall–Kier alpha value is -1.95. The van der Waals surface area contributed by atoms with Gasteiger partial charge in [0.1, 0.15) is 10.4 Å². The van der Waals surface area contributed by atoms with Gasteiger partial charge in [-0.25, -0.2) is 0 Å². The maximum Gasteiger partial charge on any atom is 0.201 e. The predicted octanol–water partition coefficient (Wildman–Crippen LogP) is 2.55. The van der Waals surface area contributed by atoms with Gasteiger partial charge in [-0.1, -0.05) is 5.16 Å². The molecule has 2 N–H and O–H groups in total. The van der Waals surface area contributed by atoms with Crippen molar-refractivity contribution in [3.05, 3.63) is 22.7 Å². The van der Waals surface area contributed by atoms with Gasteiger partial charge in [0.2, 0.25) is 5.58 Å². The molecule has 3 aromatic heterocycles. The molecule has 0 atom stereocenters. The second-order valence-corrected chi connectivity index (χ2v) is 5.10. The van der Waals surface area contributed by atoms with Crippen LogP contribution >= 0.6 is 11.3 Å².